The molecule has 2 heteroatoms. The van der Waals surface area contributed by atoms with Crippen LogP contribution in [0, 0.1) is 22.7 Å². The number of nitriles is 2. The molecule has 0 aromatic carbocycles. The first-order valence-corrected chi connectivity index (χ1v) is 6.58. The molecular formula is C19H14N2. The minimum absolute atomic E-state index is 0.463. The molecule has 0 saturated heterocycles. The first-order chi connectivity index (χ1) is 10.2. The van der Waals surface area contributed by atoms with Gasteiger partial charge in [0.25, 0.3) is 0 Å². The Bertz CT molecular complexity index is 787. The number of fused-ring (bicyclic) bond motifs is 1. The summed E-state index contributed by atoms with van der Waals surface area (Å²) in [6, 6.07) is 4.51. The van der Waals surface area contributed by atoms with Crippen LogP contribution >= 0.6 is 0 Å². The minimum atomic E-state index is 0.463. The third-order valence-electron chi connectivity index (χ3n) is 3.37. The van der Waals surface area contributed by atoms with Gasteiger partial charge in [0, 0.05) is 23.1 Å². The van der Waals surface area contributed by atoms with E-state index in [1.807, 2.05) is 31.2 Å². The number of rotatable bonds is 2. The normalized spacial score (nSPS) is 19.2. The van der Waals surface area contributed by atoms with E-state index >= 15 is 0 Å². The molecule has 0 saturated carbocycles. The molecule has 0 bridgehead atoms. The Labute approximate surface area is 125 Å². The van der Waals surface area contributed by atoms with Crippen molar-refractivity contribution in [3.05, 3.63) is 88.3 Å². The second-order valence-corrected chi connectivity index (χ2v) is 4.72. The van der Waals surface area contributed by atoms with Crippen LogP contribution in [0.4, 0.5) is 0 Å². The highest BCUT2D eigenvalue weighted by atomic mass is 14.3. The molecule has 0 fully saturated rings. The Balaban J connectivity index is 2.66. The lowest BCUT2D eigenvalue weighted by Crippen LogP contribution is -2.05. The zero-order chi connectivity index (χ0) is 15.2. The van der Waals surface area contributed by atoms with E-state index in [4.69, 9.17) is 0 Å². The minimum Gasteiger partial charge on any atom is -0.193 e. The van der Waals surface area contributed by atoms with Gasteiger partial charge < -0.3 is 0 Å². The van der Waals surface area contributed by atoms with E-state index in [9.17, 15) is 10.5 Å². The molecule has 0 heterocycles. The summed E-state index contributed by atoms with van der Waals surface area (Å²) in [4.78, 5) is 0. The van der Waals surface area contributed by atoms with Crippen LogP contribution < -0.4 is 0 Å². The van der Waals surface area contributed by atoms with Gasteiger partial charge in [-0.1, -0.05) is 42.5 Å². The van der Waals surface area contributed by atoms with Crippen LogP contribution in [-0.2, 0) is 0 Å². The summed E-state index contributed by atoms with van der Waals surface area (Å²) in [6.45, 7) is 5.65. The van der Waals surface area contributed by atoms with E-state index in [1.165, 1.54) is 0 Å². The predicted molar refractivity (Wildman–Crippen MR) is 83.7 cm³/mol. The second-order valence-electron chi connectivity index (χ2n) is 4.72. The lowest BCUT2D eigenvalue weighted by atomic mass is 9.82. The van der Waals surface area contributed by atoms with Crippen LogP contribution in [0.15, 0.2) is 88.3 Å². The summed E-state index contributed by atoms with van der Waals surface area (Å²) in [7, 11) is 0. The van der Waals surface area contributed by atoms with Gasteiger partial charge >= 0.3 is 0 Å². The molecule has 21 heavy (non-hydrogen) atoms. The highest BCUT2D eigenvalue weighted by molar-refractivity contribution is 5.68. The van der Waals surface area contributed by atoms with Gasteiger partial charge in [0.15, 0.2) is 0 Å². The number of allylic oxidation sites excluding steroid dienone is 12. The van der Waals surface area contributed by atoms with E-state index in [0.717, 1.165) is 22.3 Å². The Morgan fingerprint density at radius 2 is 2.14 bits per heavy atom. The molecule has 2 rings (SSSR count). The SMILES string of the molecule is C=C/C(C)=C\C=C1/CC(C#N)=C2C=C=CC=CC2=C1C#N. The van der Waals surface area contributed by atoms with Gasteiger partial charge in [-0.15, -0.1) is 5.73 Å². The molecule has 0 aliphatic heterocycles. The van der Waals surface area contributed by atoms with Crippen LogP contribution in [0.25, 0.3) is 0 Å². The second kappa shape index (κ2) is 6.40. The highest BCUT2D eigenvalue weighted by Gasteiger charge is 2.22. The van der Waals surface area contributed by atoms with Crippen molar-refractivity contribution >= 4 is 0 Å². The lowest BCUT2D eigenvalue weighted by molar-refractivity contribution is 1.11. The zero-order valence-corrected chi connectivity index (χ0v) is 11.9. The van der Waals surface area contributed by atoms with Crippen molar-refractivity contribution in [3.8, 4) is 12.1 Å². The van der Waals surface area contributed by atoms with Gasteiger partial charge in [0.2, 0.25) is 0 Å². The molecule has 0 atom stereocenters. The summed E-state index contributed by atoms with van der Waals surface area (Å²) < 4.78 is 0. The molecule has 0 aromatic rings. The fourth-order valence-electron chi connectivity index (χ4n) is 2.19. The van der Waals surface area contributed by atoms with Gasteiger partial charge in [-0.3, -0.25) is 0 Å². The first-order valence-electron chi connectivity index (χ1n) is 6.58. The van der Waals surface area contributed by atoms with Gasteiger partial charge in [-0.25, -0.2) is 0 Å². The number of nitrogens with zero attached hydrogens (tertiary/aromatic N) is 2. The highest BCUT2D eigenvalue weighted by Crippen LogP contribution is 2.36. The maximum absolute atomic E-state index is 9.50. The molecule has 2 aliphatic carbocycles. The third-order valence-corrected chi connectivity index (χ3v) is 3.37. The van der Waals surface area contributed by atoms with Crippen molar-refractivity contribution in [1.29, 1.82) is 10.5 Å². The molecule has 0 aromatic heterocycles. The van der Waals surface area contributed by atoms with Crippen LogP contribution in [0.2, 0.25) is 0 Å². The smallest absolute Gasteiger partial charge is 0.100 e. The summed E-state index contributed by atoms with van der Waals surface area (Å²) in [5, 5.41) is 18.9. The Morgan fingerprint density at radius 3 is 2.81 bits per heavy atom. The van der Waals surface area contributed by atoms with Crippen molar-refractivity contribution in [2.75, 3.05) is 0 Å². The third kappa shape index (κ3) is 2.93. The van der Waals surface area contributed by atoms with Crippen molar-refractivity contribution < 1.29 is 0 Å². The fraction of sp³-hybridized carbons (Fsp3) is 0.105. The van der Waals surface area contributed by atoms with E-state index < -0.39 is 0 Å². The molecule has 0 N–H and O–H groups in total. The Morgan fingerprint density at radius 1 is 1.33 bits per heavy atom. The lowest BCUT2D eigenvalue weighted by Gasteiger charge is -2.18. The quantitative estimate of drug-likeness (QED) is 0.552. The fourth-order valence-corrected chi connectivity index (χ4v) is 2.19. The van der Waals surface area contributed by atoms with Gasteiger partial charge in [-0.05, 0) is 24.6 Å². The van der Waals surface area contributed by atoms with Gasteiger partial charge in [-0.2, -0.15) is 10.5 Å². The van der Waals surface area contributed by atoms with E-state index in [0.29, 0.717) is 17.6 Å². The molecule has 2 nitrogen and oxygen atoms in total. The zero-order valence-electron chi connectivity index (χ0n) is 11.9. The molecular weight excluding hydrogens is 256 g/mol. The molecule has 0 spiro atoms. The van der Waals surface area contributed by atoms with Crippen LogP contribution in [-0.4, -0.2) is 0 Å². The van der Waals surface area contributed by atoms with E-state index in [-0.39, 0.29) is 0 Å². The van der Waals surface area contributed by atoms with Crippen LogP contribution in [0.1, 0.15) is 13.3 Å². The summed E-state index contributed by atoms with van der Waals surface area (Å²) in [5.41, 5.74) is 7.72. The standard InChI is InChI=1S/C19H14N2/c1-3-14(2)9-10-15-11-16(12-20)17-7-5-4-6-8-18(17)19(15)13-21/h3-4,6-10H,1,11H2,2H3/b14-9-,15-10+. The molecule has 0 unspecified atom stereocenters. The van der Waals surface area contributed by atoms with Gasteiger partial charge in [0.05, 0.1) is 11.6 Å². The first kappa shape index (κ1) is 14.4. The van der Waals surface area contributed by atoms with Crippen LogP contribution in [0.3, 0.4) is 0 Å². The van der Waals surface area contributed by atoms with E-state index in [2.05, 4.69) is 24.4 Å². The van der Waals surface area contributed by atoms with Crippen molar-refractivity contribution in [2.24, 2.45) is 0 Å². The maximum Gasteiger partial charge on any atom is 0.100 e. The summed E-state index contributed by atoms with van der Waals surface area (Å²) in [6.07, 6.45) is 13.3. The van der Waals surface area contributed by atoms with E-state index in [1.54, 1.807) is 18.2 Å². The van der Waals surface area contributed by atoms with Gasteiger partial charge in [0.1, 0.15) is 6.07 Å². The molecule has 100 valence electrons. The average Bonchev–Trinajstić information content (AvgIpc) is 2.77. The van der Waals surface area contributed by atoms with Crippen molar-refractivity contribution in [3.63, 3.8) is 0 Å². The number of hydrogen-bond acceptors (Lipinski definition) is 2. The molecule has 0 radical (unpaired) electrons. The maximum atomic E-state index is 9.50. The molecule has 2 aliphatic rings. The predicted octanol–water partition coefficient (Wildman–Crippen LogP) is 4.37. The Kier molecular flexibility index (Phi) is 4.37. The summed E-state index contributed by atoms with van der Waals surface area (Å²) >= 11 is 0. The van der Waals surface area contributed by atoms with Crippen molar-refractivity contribution in [2.45, 2.75) is 13.3 Å². The summed E-state index contributed by atoms with van der Waals surface area (Å²) in [5.74, 6) is 0. The van der Waals surface area contributed by atoms with Crippen molar-refractivity contribution in [1.82, 2.24) is 0 Å². The average molecular weight is 270 g/mol. The Hall–Kier alpha value is -3.06. The molecule has 0 amide bonds. The monoisotopic (exact) mass is 270 g/mol. The topological polar surface area (TPSA) is 47.6 Å². The number of hydrogen-bond donors (Lipinski definition) is 0. The van der Waals surface area contributed by atoms with Crippen LogP contribution in [0.5, 0.6) is 0 Å². The largest absolute Gasteiger partial charge is 0.193 e.